The highest BCUT2D eigenvalue weighted by Gasteiger charge is 2.01. The summed E-state index contributed by atoms with van der Waals surface area (Å²) in [7, 11) is 0. The Morgan fingerprint density at radius 3 is 2.93 bits per heavy atom. The monoisotopic (exact) mass is 204 g/mol. The van der Waals surface area contributed by atoms with Crippen molar-refractivity contribution >= 4 is 17.3 Å². The van der Waals surface area contributed by atoms with E-state index >= 15 is 0 Å². The molecule has 5 heteroatoms. The number of anilines is 1. The van der Waals surface area contributed by atoms with E-state index < -0.39 is 0 Å². The largest absolute Gasteiger partial charge is 0.326 e. The topological polar surface area (TPSA) is 77.9 Å². The molecule has 1 rings (SSSR count). The lowest BCUT2D eigenvalue weighted by Gasteiger charge is -2.05. The van der Waals surface area contributed by atoms with Gasteiger partial charge in [0.25, 0.3) is 0 Å². The van der Waals surface area contributed by atoms with Crippen LogP contribution in [-0.4, -0.2) is 5.91 Å². The van der Waals surface area contributed by atoms with Gasteiger partial charge in [-0.1, -0.05) is 18.1 Å². The van der Waals surface area contributed by atoms with Gasteiger partial charge in [-0.3, -0.25) is 4.79 Å². The average molecular weight is 204 g/mol. The highest BCUT2D eigenvalue weighted by Crippen LogP contribution is 2.23. The number of benzene rings is 1. The molecule has 1 N–H and O–H groups in total. The Hall–Kier alpha value is -2.00. The average Bonchev–Trinajstić information content (AvgIpc) is 2.23. The number of amides is 1. The summed E-state index contributed by atoms with van der Waals surface area (Å²) in [5, 5.41) is 6.22. The maximum atomic E-state index is 11.1. The molecule has 0 saturated heterocycles. The van der Waals surface area contributed by atoms with Crippen LogP contribution in [0.3, 0.4) is 0 Å². The lowest BCUT2D eigenvalue weighted by molar-refractivity contribution is -0.115. The van der Waals surface area contributed by atoms with Crippen LogP contribution in [0, 0.1) is 6.92 Å². The van der Waals surface area contributed by atoms with Crippen molar-refractivity contribution in [2.45, 2.75) is 20.3 Å². The van der Waals surface area contributed by atoms with E-state index in [1.807, 2.05) is 6.92 Å². The Kier molecular flexibility index (Phi) is 3.71. The van der Waals surface area contributed by atoms with E-state index in [2.05, 4.69) is 15.3 Å². The summed E-state index contributed by atoms with van der Waals surface area (Å²) in [4.78, 5) is 13.8. The molecule has 78 valence electrons. The number of nitrogens with zero attached hydrogens (tertiary/aromatic N) is 3. The Morgan fingerprint density at radius 2 is 2.33 bits per heavy atom. The first-order chi connectivity index (χ1) is 7.17. The maximum Gasteiger partial charge on any atom is 0.224 e. The minimum absolute atomic E-state index is 0.0641. The van der Waals surface area contributed by atoms with E-state index in [0.717, 1.165) is 5.56 Å². The van der Waals surface area contributed by atoms with Crippen LogP contribution < -0.4 is 5.32 Å². The number of carbonyl (C=O) groups excluding carboxylic acids is 1. The number of rotatable bonds is 3. The van der Waals surface area contributed by atoms with Crippen molar-refractivity contribution in [1.82, 2.24) is 0 Å². The third kappa shape index (κ3) is 3.00. The Labute approximate surface area is 87.7 Å². The molecule has 15 heavy (non-hydrogen) atoms. The molecule has 0 spiro atoms. The summed E-state index contributed by atoms with van der Waals surface area (Å²) < 4.78 is 0. The van der Waals surface area contributed by atoms with Gasteiger partial charge in [-0.15, -0.1) is 0 Å². The van der Waals surface area contributed by atoms with Crippen molar-refractivity contribution < 1.29 is 4.79 Å². The Balaban J connectivity index is 2.97. The number of aryl methyl sites for hydroxylation is 1. The SMILES string of the molecule is CCC(=O)Nc1ccc(C)c(N=[N+]=[N-])c1. The summed E-state index contributed by atoms with van der Waals surface area (Å²) in [5.74, 6) is -0.0641. The summed E-state index contributed by atoms with van der Waals surface area (Å²) in [6, 6.07) is 5.23. The van der Waals surface area contributed by atoms with Gasteiger partial charge in [0.15, 0.2) is 0 Å². The third-order valence-corrected chi connectivity index (χ3v) is 1.97. The first-order valence-corrected chi connectivity index (χ1v) is 4.63. The molecule has 0 atom stereocenters. The standard InChI is InChI=1S/C10H12N4O/c1-3-10(15)12-8-5-4-7(2)9(6-8)13-14-11/h4-6H,3H2,1-2H3,(H,12,15). The molecule has 1 aromatic carbocycles. The molecule has 1 aromatic rings. The summed E-state index contributed by atoms with van der Waals surface area (Å²) in [6.45, 7) is 3.62. The van der Waals surface area contributed by atoms with Crippen LogP contribution >= 0.6 is 0 Å². The molecule has 5 nitrogen and oxygen atoms in total. The number of carbonyl (C=O) groups is 1. The molecule has 0 unspecified atom stereocenters. The fraction of sp³-hybridized carbons (Fsp3) is 0.300. The van der Waals surface area contributed by atoms with Crippen LogP contribution in [0.15, 0.2) is 23.3 Å². The van der Waals surface area contributed by atoms with E-state index in [0.29, 0.717) is 17.8 Å². The predicted octanol–water partition coefficient (Wildman–Crippen LogP) is 3.29. The molecular weight excluding hydrogens is 192 g/mol. The maximum absolute atomic E-state index is 11.1. The number of azide groups is 1. The fourth-order valence-corrected chi connectivity index (χ4v) is 1.09. The second-order valence-corrected chi connectivity index (χ2v) is 3.09. The third-order valence-electron chi connectivity index (χ3n) is 1.97. The van der Waals surface area contributed by atoms with Gasteiger partial charge in [-0.25, -0.2) is 0 Å². The second-order valence-electron chi connectivity index (χ2n) is 3.09. The van der Waals surface area contributed by atoms with Crippen LogP contribution in [0.1, 0.15) is 18.9 Å². The molecule has 0 bridgehead atoms. The van der Waals surface area contributed by atoms with Gasteiger partial charge in [-0.05, 0) is 30.2 Å². The lowest BCUT2D eigenvalue weighted by atomic mass is 10.2. The normalized spacial score (nSPS) is 9.20. The molecule has 0 radical (unpaired) electrons. The van der Waals surface area contributed by atoms with Gasteiger partial charge < -0.3 is 5.32 Å². The molecule has 0 saturated carbocycles. The van der Waals surface area contributed by atoms with Crippen molar-refractivity contribution in [2.24, 2.45) is 5.11 Å². The van der Waals surface area contributed by atoms with Crippen molar-refractivity contribution in [1.29, 1.82) is 0 Å². The molecule has 1 amide bonds. The number of nitrogens with one attached hydrogen (secondary N) is 1. The van der Waals surface area contributed by atoms with Gasteiger partial charge in [0.2, 0.25) is 5.91 Å². The van der Waals surface area contributed by atoms with E-state index in [1.165, 1.54) is 0 Å². The quantitative estimate of drug-likeness (QED) is 0.457. The highest BCUT2D eigenvalue weighted by molar-refractivity contribution is 5.91. The van der Waals surface area contributed by atoms with Crippen molar-refractivity contribution in [3.8, 4) is 0 Å². The van der Waals surface area contributed by atoms with Crippen LogP contribution in [0.2, 0.25) is 0 Å². The van der Waals surface area contributed by atoms with Gasteiger partial charge in [-0.2, -0.15) is 0 Å². The highest BCUT2D eigenvalue weighted by atomic mass is 16.1. The van der Waals surface area contributed by atoms with E-state index in [1.54, 1.807) is 25.1 Å². The summed E-state index contributed by atoms with van der Waals surface area (Å²) in [6.07, 6.45) is 0.421. The Bertz CT molecular complexity index is 421. The minimum atomic E-state index is -0.0641. The van der Waals surface area contributed by atoms with Crippen LogP contribution in [0.4, 0.5) is 11.4 Å². The number of hydrogen-bond donors (Lipinski definition) is 1. The van der Waals surface area contributed by atoms with Crippen molar-refractivity contribution in [3.63, 3.8) is 0 Å². The Morgan fingerprint density at radius 1 is 1.60 bits per heavy atom. The molecule has 0 heterocycles. The van der Waals surface area contributed by atoms with Crippen molar-refractivity contribution in [3.05, 3.63) is 34.2 Å². The molecule has 0 aromatic heterocycles. The zero-order valence-electron chi connectivity index (χ0n) is 8.69. The molecule has 0 aliphatic heterocycles. The van der Waals surface area contributed by atoms with E-state index in [9.17, 15) is 4.79 Å². The second kappa shape index (κ2) is 5.02. The minimum Gasteiger partial charge on any atom is -0.326 e. The van der Waals surface area contributed by atoms with Crippen LogP contribution in [0.25, 0.3) is 10.4 Å². The van der Waals surface area contributed by atoms with Crippen LogP contribution in [0.5, 0.6) is 0 Å². The van der Waals surface area contributed by atoms with Gasteiger partial charge >= 0.3 is 0 Å². The first-order valence-electron chi connectivity index (χ1n) is 4.63. The summed E-state index contributed by atoms with van der Waals surface area (Å²) >= 11 is 0. The van der Waals surface area contributed by atoms with Gasteiger partial charge in [0.1, 0.15) is 0 Å². The summed E-state index contributed by atoms with van der Waals surface area (Å²) in [5.41, 5.74) is 10.4. The fourth-order valence-electron chi connectivity index (χ4n) is 1.09. The first kappa shape index (κ1) is 11.1. The molecule has 0 aliphatic carbocycles. The van der Waals surface area contributed by atoms with Crippen LogP contribution in [-0.2, 0) is 4.79 Å². The predicted molar refractivity (Wildman–Crippen MR) is 58.9 cm³/mol. The van der Waals surface area contributed by atoms with Gasteiger partial charge in [0, 0.05) is 22.7 Å². The van der Waals surface area contributed by atoms with Gasteiger partial charge in [0.05, 0.1) is 0 Å². The van der Waals surface area contributed by atoms with E-state index in [4.69, 9.17) is 5.53 Å². The molecule has 0 aliphatic rings. The number of hydrogen-bond acceptors (Lipinski definition) is 2. The smallest absolute Gasteiger partial charge is 0.224 e. The molecule has 0 fully saturated rings. The van der Waals surface area contributed by atoms with E-state index in [-0.39, 0.29) is 5.91 Å². The lowest BCUT2D eigenvalue weighted by Crippen LogP contribution is -2.09. The van der Waals surface area contributed by atoms with Crippen molar-refractivity contribution in [2.75, 3.05) is 5.32 Å². The zero-order valence-corrected chi connectivity index (χ0v) is 8.69. The zero-order chi connectivity index (χ0) is 11.3. The molecular formula is C10H12N4O.